The molecule has 0 bridgehead atoms. The van der Waals surface area contributed by atoms with Crippen molar-refractivity contribution >= 4 is 23.2 Å². The van der Waals surface area contributed by atoms with Crippen LogP contribution in [0.25, 0.3) is 0 Å². The molecular weight excluding hydrogens is 268 g/mol. The number of anilines is 1. The van der Waals surface area contributed by atoms with Crippen LogP contribution in [0, 0.1) is 0 Å². The first kappa shape index (κ1) is 14.0. The predicted octanol–water partition coefficient (Wildman–Crippen LogP) is 2.18. The highest BCUT2D eigenvalue weighted by atomic mass is 35.5. The monoisotopic (exact) mass is 284 g/mol. The second kappa shape index (κ2) is 6.12. The van der Waals surface area contributed by atoms with Crippen molar-refractivity contribution in [2.75, 3.05) is 18.5 Å². The smallest absolute Gasteiger partial charge is 0.241 e. The summed E-state index contributed by atoms with van der Waals surface area (Å²) in [7, 11) is 0. The summed E-state index contributed by atoms with van der Waals surface area (Å²) in [5.41, 5.74) is 6.24. The average molecular weight is 285 g/mol. The van der Waals surface area contributed by atoms with Crippen molar-refractivity contribution in [1.29, 1.82) is 0 Å². The van der Waals surface area contributed by atoms with Crippen molar-refractivity contribution in [1.82, 2.24) is 0 Å². The van der Waals surface area contributed by atoms with Gasteiger partial charge in [-0.15, -0.1) is 0 Å². The second-order valence-corrected chi connectivity index (χ2v) is 4.77. The molecule has 19 heavy (non-hydrogen) atoms. The maximum atomic E-state index is 11.9. The van der Waals surface area contributed by atoms with Crippen LogP contribution in [0.15, 0.2) is 12.1 Å². The van der Waals surface area contributed by atoms with Gasteiger partial charge in [0.25, 0.3) is 0 Å². The Morgan fingerprint density at radius 1 is 1.42 bits per heavy atom. The summed E-state index contributed by atoms with van der Waals surface area (Å²) >= 11 is 6.10. The van der Waals surface area contributed by atoms with Crippen molar-refractivity contribution in [3.63, 3.8) is 0 Å². The van der Waals surface area contributed by atoms with Crippen LogP contribution in [0.3, 0.4) is 0 Å². The van der Waals surface area contributed by atoms with Crippen molar-refractivity contribution < 1.29 is 14.3 Å². The first-order valence-corrected chi connectivity index (χ1v) is 6.65. The number of amides is 1. The van der Waals surface area contributed by atoms with Crippen LogP contribution in [0.1, 0.15) is 19.8 Å². The van der Waals surface area contributed by atoms with E-state index in [4.69, 9.17) is 26.8 Å². The van der Waals surface area contributed by atoms with E-state index in [9.17, 15) is 4.79 Å². The fraction of sp³-hybridized carbons (Fsp3) is 0.462. The Morgan fingerprint density at radius 3 is 2.68 bits per heavy atom. The van der Waals surface area contributed by atoms with Gasteiger partial charge < -0.3 is 20.5 Å². The number of carbonyl (C=O) groups excluding carboxylic acids is 1. The normalized spacial score (nSPS) is 14.9. The van der Waals surface area contributed by atoms with E-state index < -0.39 is 6.04 Å². The lowest BCUT2D eigenvalue weighted by Gasteiger charge is -2.20. The average Bonchev–Trinajstić information content (AvgIpc) is 2.39. The number of ether oxygens (including phenoxy) is 2. The van der Waals surface area contributed by atoms with Crippen LogP contribution in [-0.2, 0) is 4.79 Å². The third-order valence-corrected chi connectivity index (χ3v) is 3.14. The number of hydrogen-bond donors (Lipinski definition) is 2. The predicted molar refractivity (Wildman–Crippen MR) is 74.0 cm³/mol. The lowest BCUT2D eigenvalue weighted by Crippen LogP contribution is -2.35. The van der Waals surface area contributed by atoms with Gasteiger partial charge in [0.1, 0.15) is 13.2 Å². The molecule has 0 saturated carbocycles. The molecule has 0 spiro atoms. The highest BCUT2D eigenvalue weighted by molar-refractivity contribution is 6.34. The van der Waals surface area contributed by atoms with Gasteiger partial charge in [-0.1, -0.05) is 24.9 Å². The highest BCUT2D eigenvalue weighted by Gasteiger charge is 2.18. The zero-order valence-corrected chi connectivity index (χ0v) is 11.5. The topological polar surface area (TPSA) is 73.6 Å². The molecular formula is C13H17ClN2O3. The summed E-state index contributed by atoms with van der Waals surface area (Å²) in [5, 5.41) is 3.12. The van der Waals surface area contributed by atoms with Crippen LogP contribution < -0.4 is 20.5 Å². The minimum Gasteiger partial charge on any atom is -0.486 e. The molecule has 0 radical (unpaired) electrons. The maximum absolute atomic E-state index is 11.9. The fourth-order valence-corrected chi connectivity index (χ4v) is 2.03. The first-order valence-electron chi connectivity index (χ1n) is 6.27. The van der Waals surface area contributed by atoms with E-state index in [2.05, 4.69) is 5.32 Å². The molecule has 1 amide bonds. The summed E-state index contributed by atoms with van der Waals surface area (Å²) < 4.78 is 10.8. The van der Waals surface area contributed by atoms with Crippen LogP contribution in [0.5, 0.6) is 11.5 Å². The highest BCUT2D eigenvalue weighted by Crippen LogP contribution is 2.37. The van der Waals surface area contributed by atoms with Gasteiger partial charge in [0, 0.05) is 12.1 Å². The molecule has 1 unspecified atom stereocenters. The van der Waals surface area contributed by atoms with E-state index in [1.54, 1.807) is 12.1 Å². The van der Waals surface area contributed by atoms with E-state index in [1.165, 1.54) is 0 Å². The molecule has 2 rings (SSSR count). The molecule has 0 fully saturated rings. The van der Waals surface area contributed by atoms with Gasteiger partial charge in [0.2, 0.25) is 5.91 Å². The minimum atomic E-state index is -0.533. The molecule has 1 aromatic rings. The van der Waals surface area contributed by atoms with Crippen molar-refractivity contribution in [3.05, 3.63) is 17.2 Å². The molecule has 6 heteroatoms. The number of benzene rings is 1. The minimum absolute atomic E-state index is 0.250. The standard InChI is InChI=1S/C13H17ClN2O3/c1-2-3-9(15)13(17)16-10-7-12-11(6-8(10)14)18-4-5-19-12/h6-7,9H,2-5,15H2,1H3,(H,16,17). The number of fused-ring (bicyclic) bond motifs is 1. The van der Waals surface area contributed by atoms with E-state index in [0.29, 0.717) is 41.8 Å². The molecule has 0 saturated heterocycles. The van der Waals surface area contributed by atoms with Gasteiger partial charge in [-0.3, -0.25) is 4.79 Å². The molecule has 1 heterocycles. The molecule has 1 aliphatic heterocycles. The third kappa shape index (κ3) is 3.30. The molecule has 0 aliphatic carbocycles. The largest absolute Gasteiger partial charge is 0.486 e. The van der Waals surface area contributed by atoms with Crippen LogP contribution >= 0.6 is 11.6 Å². The summed E-state index contributed by atoms with van der Waals surface area (Å²) in [5.74, 6) is 0.919. The zero-order chi connectivity index (χ0) is 13.8. The van der Waals surface area contributed by atoms with Crippen molar-refractivity contribution in [3.8, 4) is 11.5 Å². The Morgan fingerprint density at radius 2 is 2.05 bits per heavy atom. The summed E-state index contributed by atoms with van der Waals surface area (Å²) in [6.45, 7) is 2.96. The summed E-state index contributed by atoms with van der Waals surface area (Å²) in [6, 6.07) is 2.76. The van der Waals surface area contributed by atoms with E-state index in [0.717, 1.165) is 6.42 Å². The Balaban J connectivity index is 2.14. The third-order valence-electron chi connectivity index (χ3n) is 2.83. The number of nitrogens with two attached hydrogens (primary N) is 1. The first-order chi connectivity index (χ1) is 9.11. The molecule has 104 valence electrons. The molecule has 0 aromatic heterocycles. The van der Waals surface area contributed by atoms with Gasteiger partial charge in [0.05, 0.1) is 16.8 Å². The number of carbonyl (C=O) groups is 1. The van der Waals surface area contributed by atoms with E-state index in [1.807, 2.05) is 6.92 Å². The molecule has 1 atom stereocenters. The SMILES string of the molecule is CCCC(N)C(=O)Nc1cc2c(cc1Cl)OCCO2. The number of hydrogen-bond acceptors (Lipinski definition) is 4. The Kier molecular flexibility index (Phi) is 4.50. The maximum Gasteiger partial charge on any atom is 0.241 e. The molecule has 3 N–H and O–H groups in total. The Hall–Kier alpha value is -1.46. The van der Waals surface area contributed by atoms with Gasteiger partial charge in [0.15, 0.2) is 11.5 Å². The van der Waals surface area contributed by atoms with Gasteiger partial charge in [-0.25, -0.2) is 0 Å². The zero-order valence-electron chi connectivity index (χ0n) is 10.7. The lowest BCUT2D eigenvalue weighted by molar-refractivity contribution is -0.117. The van der Waals surface area contributed by atoms with Crippen LogP contribution in [0.4, 0.5) is 5.69 Å². The molecule has 1 aromatic carbocycles. The number of rotatable bonds is 4. The molecule has 1 aliphatic rings. The number of nitrogens with one attached hydrogen (secondary N) is 1. The van der Waals surface area contributed by atoms with E-state index >= 15 is 0 Å². The lowest BCUT2D eigenvalue weighted by atomic mass is 10.1. The second-order valence-electron chi connectivity index (χ2n) is 4.36. The van der Waals surface area contributed by atoms with Gasteiger partial charge >= 0.3 is 0 Å². The Bertz CT molecular complexity index is 479. The number of halogens is 1. The fourth-order valence-electron chi connectivity index (χ4n) is 1.83. The van der Waals surface area contributed by atoms with Crippen LogP contribution in [-0.4, -0.2) is 25.2 Å². The Labute approximate surface area is 117 Å². The van der Waals surface area contributed by atoms with Crippen molar-refractivity contribution in [2.45, 2.75) is 25.8 Å². The van der Waals surface area contributed by atoms with E-state index in [-0.39, 0.29) is 5.91 Å². The quantitative estimate of drug-likeness (QED) is 0.889. The summed E-state index contributed by atoms with van der Waals surface area (Å²) in [4.78, 5) is 11.9. The van der Waals surface area contributed by atoms with Crippen LogP contribution in [0.2, 0.25) is 5.02 Å². The van der Waals surface area contributed by atoms with Crippen molar-refractivity contribution in [2.24, 2.45) is 5.73 Å². The van der Waals surface area contributed by atoms with Gasteiger partial charge in [-0.05, 0) is 6.42 Å². The molecule has 5 nitrogen and oxygen atoms in total. The van der Waals surface area contributed by atoms with Gasteiger partial charge in [-0.2, -0.15) is 0 Å². The summed E-state index contributed by atoms with van der Waals surface area (Å²) in [6.07, 6.45) is 1.48.